The number of halogens is 3. The second kappa shape index (κ2) is 5.94. The molecule has 0 fully saturated rings. The molecule has 0 aliphatic rings. The van der Waals surface area contributed by atoms with E-state index < -0.39 is 17.6 Å². The lowest BCUT2D eigenvalue weighted by Crippen LogP contribution is -2.19. The lowest BCUT2D eigenvalue weighted by Gasteiger charge is -2.09. The van der Waals surface area contributed by atoms with Crippen molar-refractivity contribution in [1.82, 2.24) is 15.0 Å². The maximum Gasteiger partial charge on any atom is 0.431 e. The first-order chi connectivity index (χ1) is 9.90. The molecule has 0 bridgehead atoms. The summed E-state index contributed by atoms with van der Waals surface area (Å²) in [7, 11) is 0. The topological polar surface area (TPSA) is 67.9 Å². The average molecular weight is 299 g/mol. The van der Waals surface area contributed by atoms with Gasteiger partial charge in [0.2, 0.25) is 0 Å². The van der Waals surface area contributed by atoms with Crippen LogP contribution in [0.25, 0.3) is 11.3 Å². The predicted octanol–water partition coefficient (Wildman–Crippen LogP) is 2.64. The molecule has 0 unspecified atom stereocenters. The van der Waals surface area contributed by atoms with E-state index in [1.54, 1.807) is 4.98 Å². The van der Waals surface area contributed by atoms with E-state index in [-0.39, 0.29) is 11.3 Å². The minimum absolute atomic E-state index is 0.111. The van der Waals surface area contributed by atoms with Gasteiger partial charge in [0.25, 0.3) is 0 Å². The zero-order chi connectivity index (χ0) is 15.5. The van der Waals surface area contributed by atoms with Crippen molar-refractivity contribution in [2.45, 2.75) is 19.5 Å². The first-order valence-corrected chi connectivity index (χ1v) is 6.17. The molecular formula is C13H12F3N3O2. The number of aromatic amines is 1. The van der Waals surface area contributed by atoms with Crippen LogP contribution in [0, 0.1) is 0 Å². The van der Waals surface area contributed by atoms with Crippen molar-refractivity contribution >= 4 is 0 Å². The molecule has 0 spiro atoms. The van der Waals surface area contributed by atoms with Gasteiger partial charge in [0.05, 0.1) is 18.5 Å². The fourth-order valence-corrected chi connectivity index (χ4v) is 1.62. The molecule has 0 atom stereocenters. The Labute approximate surface area is 117 Å². The van der Waals surface area contributed by atoms with Gasteiger partial charge in [-0.1, -0.05) is 6.92 Å². The Kier molecular flexibility index (Phi) is 4.25. The van der Waals surface area contributed by atoms with E-state index in [1.807, 2.05) is 6.92 Å². The molecule has 0 radical (unpaired) electrons. The number of aromatic nitrogens is 3. The van der Waals surface area contributed by atoms with Crippen LogP contribution in [0.3, 0.4) is 0 Å². The molecule has 0 aromatic carbocycles. The smallest absolute Gasteiger partial charge is 0.431 e. The SMILES string of the molecule is CCCOc1cncc(-c2cc(C(F)(F)F)[nH]c(=O)n2)c1. The number of ether oxygens (including phenoxy) is 1. The molecule has 2 heterocycles. The number of nitrogens with zero attached hydrogens (tertiary/aromatic N) is 2. The van der Waals surface area contributed by atoms with Gasteiger partial charge < -0.3 is 9.72 Å². The molecule has 2 aromatic heterocycles. The first kappa shape index (κ1) is 15.0. The van der Waals surface area contributed by atoms with Gasteiger partial charge in [-0.05, 0) is 18.6 Å². The summed E-state index contributed by atoms with van der Waals surface area (Å²) in [5.41, 5.74) is -2.06. The summed E-state index contributed by atoms with van der Waals surface area (Å²) in [6, 6.07) is 2.26. The molecule has 2 aromatic rings. The number of nitrogens with one attached hydrogen (secondary N) is 1. The van der Waals surface area contributed by atoms with Gasteiger partial charge in [0.15, 0.2) is 0 Å². The highest BCUT2D eigenvalue weighted by atomic mass is 19.4. The fraction of sp³-hybridized carbons (Fsp3) is 0.308. The van der Waals surface area contributed by atoms with E-state index >= 15 is 0 Å². The van der Waals surface area contributed by atoms with Crippen molar-refractivity contribution in [3.63, 3.8) is 0 Å². The Bertz CT molecular complexity index is 683. The number of hydrogen-bond acceptors (Lipinski definition) is 4. The molecule has 0 aliphatic carbocycles. The van der Waals surface area contributed by atoms with Crippen LogP contribution >= 0.6 is 0 Å². The maximum atomic E-state index is 12.7. The van der Waals surface area contributed by atoms with Crippen LogP contribution in [0.2, 0.25) is 0 Å². The molecule has 21 heavy (non-hydrogen) atoms. The maximum absolute atomic E-state index is 12.7. The van der Waals surface area contributed by atoms with Gasteiger partial charge in [0.1, 0.15) is 11.4 Å². The number of rotatable bonds is 4. The second-order valence-electron chi connectivity index (χ2n) is 4.24. The first-order valence-electron chi connectivity index (χ1n) is 6.17. The van der Waals surface area contributed by atoms with Crippen LogP contribution in [0.5, 0.6) is 5.75 Å². The quantitative estimate of drug-likeness (QED) is 0.942. The largest absolute Gasteiger partial charge is 0.492 e. The monoisotopic (exact) mass is 299 g/mol. The van der Waals surface area contributed by atoms with Crippen molar-refractivity contribution in [3.8, 4) is 17.0 Å². The Morgan fingerprint density at radius 2 is 2.05 bits per heavy atom. The van der Waals surface area contributed by atoms with Crippen molar-refractivity contribution in [2.75, 3.05) is 6.61 Å². The van der Waals surface area contributed by atoms with Gasteiger partial charge in [-0.25, -0.2) is 4.79 Å². The van der Waals surface area contributed by atoms with E-state index in [4.69, 9.17) is 4.74 Å². The lowest BCUT2D eigenvalue weighted by molar-refractivity contribution is -0.141. The van der Waals surface area contributed by atoms with Gasteiger partial charge in [-0.15, -0.1) is 0 Å². The van der Waals surface area contributed by atoms with Crippen molar-refractivity contribution < 1.29 is 17.9 Å². The molecule has 0 saturated heterocycles. The lowest BCUT2D eigenvalue weighted by atomic mass is 10.2. The summed E-state index contributed by atoms with van der Waals surface area (Å²) in [6.45, 7) is 2.38. The van der Waals surface area contributed by atoms with Crippen LogP contribution < -0.4 is 10.4 Å². The standard InChI is InChI=1S/C13H12F3N3O2/c1-2-3-21-9-4-8(6-17-7-9)10-5-11(13(14,15)16)19-12(20)18-10/h4-7H,2-3H2,1H3,(H,18,19,20). The van der Waals surface area contributed by atoms with Crippen LogP contribution in [0.1, 0.15) is 19.0 Å². The molecule has 112 valence electrons. The van der Waals surface area contributed by atoms with E-state index in [0.717, 1.165) is 12.5 Å². The van der Waals surface area contributed by atoms with Crippen molar-refractivity contribution in [1.29, 1.82) is 0 Å². The Balaban J connectivity index is 2.42. The van der Waals surface area contributed by atoms with Crippen LogP contribution in [0.15, 0.2) is 29.3 Å². The van der Waals surface area contributed by atoms with Gasteiger partial charge in [0, 0.05) is 11.8 Å². The van der Waals surface area contributed by atoms with E-state index in [9.17, 15) is 18.0 Å². The Hall–Kier alpha value is -2.38. The highest BCUT2D eigenvalue weighted by molar-refractivity contribution is 5.59. The molecule has 0 aliphatic heterocycles. The Morgan fingerprint density at radius 3 is 2.71 bits per heavy atom. The summed E-state index contributed by atoms with van der Waals surface area (Å²) in [5, 5.41) is 0. The molecule has 2 rings (SSSR count). The molecular weight excluding hydrogens is 287 g/mol. The molecule has 0 amide bonds. The Morgan fingerprint density at radius 1 is 1.29 bits per heavy atom. The minimum atomic E-state index is -4.65. The minimum Gasteiger partial charge on any atom is -0.492 e. The van der Waals surface area contributed by atoms with Gasteiger partial charge in [-0.3, -0.25) is 4.98 Å². The van der Waals surface area contributed by atoms with Gasteiger partial charge in [-0.2, -0.15) is 18.2 Å². The number of hydrogen-bond donors (Lipinski definition) is 1. The summed E-state index contributed by atoms with van der Waals surface area (Å²) in [4.78, 5) is 20.3. The van der Waals surface area contributed by atoms with Crippen LogP contribution in [-0.2, 0) is 6.18 Å². The normalized spacial score (nSPS) is 11.4. The van der Waals surface area contributed by atoms with Crippen molar-refractivity contribution in [2.24, 2.45) is 0 Å². The second-order valence-corrected chi connectivity index (χ2v) is 4.24. The third-order valence-corrected chi connectivity index (χ3v) is 2.53. The predicted molar refractivity (Wildman–Crippen MR) is 68.9 cm³/mol. The third-order valence-electron chi connectivity index (χ3n) is 2.53. The highest BCUT2D eigenvalue weighted by Gasteiger charge is 2.32. The third kappa shape index (κ3) is 3.80. The summed E-state index contributed by atoms with van der Waals surface area (Å²) in [6.07, 6.45) is -1.11. The number of alkyl halides is 3. The summed E-state index contributed by atoms with van der Waals surface area (Å²) >= 11 is 0. The molecule has 0 saturated carbocycles. The fourth-order valence-electron chi connectivity index (χ4n) is 1.62. The summed E-state index contributed by atoms with van der Waals surface area (Å²) < 4.78 is 43.4. The zero-order valence-electron chi connectivity index (χ0n) is 11.1. The highest BCUT2D eigenvalue weighted by Crippen LogP contribution is 2.29. The van der Waals surface area contributed by atoms with Gasteiger partial charge >= 0.3 is 11.9 Å². The van der Waals surface area contributed by atoms with Crippen LogP contribution in [0.4, 0.5) is 13.2 Å². The average Bonchev–Trinajstić information content (AvgIpc) is 2.44. The van der Waals surface area contributed by atoms with Crippen molar-refractivity contribution in [3.05, 3.63) is 40.7 Å². The summed E-state index contributed by atoms with van der Waals surface area (Å²) in [5.74, 6) is 0.407. The van der Waals surface area contributed by atoms with Crippen LogP contribution in [-0.4, -0.2) is 21.6 Å². The number of H-pyrrole nitrogens is 1. The van der Waals surface area contributed by atoms with E-state index in [0.29, 0.717) is 12.4 Å². The number of pyridine rings is 1. The molecule has 8 heteroatoms. The van der Waals surface area contributed by atoms with E-state index in [1.165, 1.54) is 18.5 Å². The molecule has 1 N–H and O–H groups in total. The van der Waals surface area contributed by atoms with E-state index in [2.05, 4.69) is 9.97 Å². The molecule has 5 nitrogen and oxygen atoms in total. The zero-order valence-corrected chi connectivity index (χ0v) is 11.1.